The van der Waals surface area contributed by atoms with Gasteiger partial charge in [-0.25, -0.2) is 0 Å². The number of benzene rings is 1. The van der Waals surface area contributed by atoms with Crippen LogP contribution >= 0.6 is 11.6 Å². The molecule has 2 N–H and O–H groups in total. The molecule has 0 saturated heterocycles. The van der Waals surface area contributed by atoms with Crippen LogP contribution in [0.2, 0.25) is 5.02 Å². The van der Waals surface area contributed by atoms with Crippen molar-refractivity contribution in [2.75, 3.05) is 19.3 Å². The van der Waals surface area contributed by atoms with Gasteiger partial charge in [-0.05, 0) is 25.1 Å². The Morgan fingerprint density at radius 1 is 1.57 bits per heavy atom. The largest absolute Gasteiger partial charge is 0.398 e. The van der Waals surface area contributed by atoms with E-state index >= 15 is 0 Å². The van der Waals surface area contributed by atoms with Gasteiger partial charge in [-0.1, -0.05) is 11.6 Å². The summed E-state index contributed by atoms with van der Waals surface area (Å²) in [6.07, 6.45) is 0. The SMILES string of the molecule is CCN(C)C(=O)c1cc(Cl)ccc1N. The fraction of sp³-hybridized carbons (Fsp3) is 0.300. The number of nitrogen functional groups attached to an aromatic ring is 1. The maximum Gasteiger partial charge on any atom is 0.255 e. The van der Waals surface area contributed by atoms with E-state index in [1.54, 1.807) is 30.1 Å². The molecule has 0 aliphatic carbocycles. The zero-order chi connectivity index (χ0) is 10.7. The first kappa shape index (κ1) is 10.9. The van der Waals surface area contributed by atoms with Crippen LogP contribution in [0, 0.1) is 0 Å². The third kappa shape index (κ3) is 2.17. The molecule has 0 fully saturated rings. The van der Waals surface area contributed by atoms with E-state index in [0.717, 1.165) is 0 Å². The van der Waals surface area contributed by atoms with Crippen molar-refractivity contribution >= 4 is 23.2 Å². The average molecular weight is 213 g/mol. The average Bonchev–Trinajstić information content (AvgIpc) is 2.19. The van der Waals surface area contributed by atoms with Crippen molar-refractivity contribution in [1.82, 2.24) is 4.90 Å². The zero-order valence-corrected chi connectivity index (χ0v) is 9.01. The molecule has 1 aromatic carbocycles. The third-order valence-electron chi connectivity index (χ3n) is 2.07. The Labute approximate surface area is 88.5 Å². The van der Waals surface area contributed by atoms with Crippen LogP contribution in [-0.2, 0) is 0 Å². The van der Waals surface area contributed by atoms with E-state index in [1.165, 1.54) is 0 Å². The summed E-state index contributed by atoms with van der Waals surface area (Å²) in [5.74, 6) is -0.104. The molecule has 14 heavy (non-hydrogen) atoms. The topological polar surface area (TPSA) is 46.3 Å². The van der Waals surface area contributed by atoms with E-state index in [2.05, 4.69) is 0 Å². The molecule has 1 aromatic rings. The van der Waals surface area contributed by atoms with Crippen LogP contribution in [-0.4, -0.2) is 24.4 Å². The Balaban J connectivity index is 3.06. The molecule has 0 unspecified atom stereocenters. The number of amides is 1. The Kier molecular flexibility index (Phi) is 3.36. The van der Waals surface area contributed by atoms with Crippen molar-refractivity contribution in [3.8, 4) is 0 Å². The lowest BCUT2D eigenvalue weighted by molar-refractivity contribution is 0.0803. The molecule has 0 spiro atoms. The van der Waals surface area contributed by atoms with Crippen LogP contribution < -0.4 is 5.73 Å². The lowest BCUT2D eigenvalue weighted by Gasteiger charge is -2.15. The number of hydrogen-bond donors (Lipinski definition) is 1. The fourth-order valence-corrected chi connectivity index (χ4v) is 1.24. The van der Waals surface area contributed by atoms with Crippen LogP contribution in [0.1, 0.15) is 17.3 Å². The molecular formula is C10H13ClN2O. The van der Waals surface area contributed by atoms with Crippen molar-refractivity contribution in [2.24, 2.45) is 0 Å². The molecule has 0 aliphatic heterocycles. The van der Waals surface area contributed by atoms with Gasteiger partial charge in [0.2, 0.25) is 0 Å². The molecule has 0 heterocycles. The summed E-state index contributed by atoms with van der Waals surface area (Å²) in [5, 5.41) is 0.520. The van der Waals surface area contributed by atoms with Gasteiger partial charge in [-0.2, -0.15) is 0 Å². The molecular weight excluding hydrogens is 200 g/mol. The quantitative estimate of drug-likeness (QED) is 0.763. The zero-order valence-electron chi connectivity index (χ0n) is 8.25. The fourth-order valence-electron chi connectivity index (χ4n) is 1.06. The van der Waals surface area contributed by atoms with Crippen molar-refractivity contribution in [2.45, 2.75) is 6.92 Å². The highest BCUT2D eigenvalue weighted by molar-refractivity contribution is 6.31. The summed E-state index contributed by atoms with van der Waals surface area (Å²) in [6, 6.07) is 4.89. The lowest BCUT2D eigenvalue weighted by atomic mass is 10.1. The molecule has 1 amide bonds. The van der Waals surface area contributed by atoms with Gasteiger partial charge in [0.05, 0.1) is 5.56 Å². The molecule has 4 heteroatoms. The summed E-state index contributed by atoms with van der Waals surface area (Å²) in [4.78, 5) is 13.3. The molecule has 0 saturated carbocycles. The minimum Gasteiger partial charge on any atom is -0.398 e. The summed E-state index contributed by atoms with van der Waals surface area (Å²) in [5.41, 5.74) is 6.59. The van der Waals surface area contributed by atoms with Crippen molar-refractivity contribution in [3.63, 3.8) is 0 Å². The summed E-state index contributed by atoms with van der Waals surface area (Å²) < 4.78 is 0. The lowest BCUT2D eigenvalue weighted by Crippen LogP contribution is -2.26. The molecule has 0 radical (unpaired) electrons. The molecule has 0 atom stereocenters. The molecule has 0 bridgehead atoms. The standard InChI is InChI=1S/C10H13ClN2O/c1-3-13(2)10(14)8-6-7(11)4-5-9(8)12/h4-6H,3,12H2,1-2H3. The Bertz CT molecular complexity index is 352. The van der Waals surface area contributed by atoms with E-state index in [9.17, 15) is 4.79 Å². The highest BCUT2D eigenvalue weighted by Crippen LogP contribution is 2.19. The van der Waals surface area contributed by atoms with E-state index < -0.39 is 0 Å². The van der Waals surface area contributed by atoms with Crippen LogP contribution in [0.25, 0.3) is 0 Å². The smallest absolute Gasteiger partial charge is 0.255 e. The normalized spacial score (nSPS) is 9.93. The maximum atomic E-state index is 11.7. The number of nitrogens with two attached hydrogens (primary N) is 1. The van der Waals surface area contributed by atoms with Crippen LogP contribution in [0.15, 0.2) is 18.2 Å². The van der Waals surface area contributed by atoms with E-state index in [-0.39, 0.29) is 5.91 Å². The van der Waals surface area contributed by atoms with Crippen LogP contribution in [0.3, 0.4) is 0 Å². The number of halogens is 1. The Hall–Kier alpha value is -1.22. The van der Waals surface area contributed by atoms with Gasteiger partial charge >= 0.3 is 0 Å². The second-order valence-corrected chi connectivity index (χ2v) is 3.49. The monoisotopic (exact) mass is 212 g/mol. The number of carbonyl (C=O) groups excluding carboxylic acids is 1. The number of anilines is 1. The van der Waals surface area contributed by atoms with Crippen molar-refractivity contribution < 1.29 is 4.79 Å². The minimum atomic E-state index is -0.104. The first-order valence-corrected chi connectivity index (χ1v) is 4.74. The van der Waals surface area contributed by atoms with Gasteiger partial charge in [-0.3, -0.25) is 4.79 Å². The number of nitrogens with zero attached hydrogens (tertiary/aromatic N) is 1. The van der Waals surface area contributed by atoms with Crippen molar-refractivity contribution in [3.05, 3.63) is 28.8 Å². The first-order valence-electron chi connectivity index (χ1n) is 4.36. The third-order valence-corrected chi connectivity index (χ3v) is 2.30. The summed E-state index contributed by atoms with van der Waals surface area (Å²) in [6.45, 7) is 2.55. The molecule has 0 aromatic heterocycles. The minimum absolute atomic E-state index is 0.104. The van der Waals surface area contributed by atoms with Crippen LogP contribution in [0.4, 0.5) is 5.69 Å². The Morgan fingerprint density at radius 2 is 2.21 bits per heavy atom. The van der Waals surface area contributed by atoms with Gasteiger partial charge in [0.15, 0.2) is 0 Å². The van der Waals surface area contributed by atoms with Gasteiger partial charge in [0, 0.05) is 24.3 Å². The highest BCUT2D eigenvalue weighted by atomic mass is 35.5. The summed E-state index contributed by atoms with van der Waals surface area (Å²) >= 11 is 5.78. The molecule has 0 aliphatic rings. The van der Waals surface area contributed by atoms with E-state index in [4.69, 9.17) is 17.3 Å². The molecule has 76 valence electrons. The predicted molar refractivity (Wildman–Crippen MR) is 58.5 cm³/mol. The second kappa shape index (κ2) is 4.33. The number of rotatable bonds is 2. The first-order chi connectivity index (χ1) is 6.56. The van der Waals surface area contributed by atoms with Gasteiger partial charge < -0.3 is 10.6 Å². The molecule has 3 nitrogen and oxygen atoms in total. The highest BCUT2D eigenvalue weighted by Gasteiger charge is 2.13. The second-order valence-electron chi connectivity index (χ2n) is 3.05. The maximum absolute atomic E-state index is 11.7. The number of carbonyl (C=O) groups is 1. The van der Waals surface area contributed by atoms with E-state index in [0.29, 0.717) is 22.8 Å². The summed E-state index contributed by atoms with van der Waals surface area (Å²) in [7, 11) is 1.72. The van der Waals surface area contributed by atoms with E-state index in [1.807, 2.05) is 6.92 Å². The number of hydrogen-bond acceptors (Lipinski definition) is 2. The van der Waals surface area contributed by atoms with Crippen LogP contribution in [0.5, 0.6) is 0 Å². The van der Waals surface area contributed by atoms with Gasteiger partial charge in [-0.15, -0.1) is 0 Å². The predicted octanol–water partition coefficient (Wildman–Crippen LogP) is 2.01. The molecule has 1 rings (SSSR count). The van der Waals surface area contributed by atoms with Crippen molar-refractivity contribution in [1.29, 1.82) is 0 Å². The van der Waals surface area contributed by atoms with Gasteiger partial charge in [0.25, 0.3) is 5.91 Å². The Morgan fingerprint density at radius 3 is 2.79 bits per heavy atom. The van der Waals surface area contributed by atoms with Gasteiger partial charge in [0.1, 0.15) is 0 Å².